The number of carbonyl (C=O) groups excluding carboxylic acids is 1. The second-order valence-corrected chi connectivity index (χ2v) is 10.4. The van der Waals surface area contributed by atoms with Gasteiger partial charge >= 0.3 is 12.0 Å². The van der Waals surface area contributed by atoms with Crippen molar-refractivity contribution in [3.05, 3.63) is 29.3 Å². The predicted molar refractivity (Wildman–Crippen MR) is 130 cm³/mol. The highest BCUT2D eigenvalue weighted by Gasteiger charge is 2.47. The smallest absolute Gasteiger partial charge is 0.325 e. The van der Waals surface area contributed by atoms with Gasteiger partial charge in [0.15, 0.2) is 0 Å². The van der Waals surface area contributed by atoms with Crippen LogP contribution in [-0.4, -0.2) is 65.2 Å². The van der Waals surface area contributed by atoms with E-state index in [9.17, 15) is 9.59 Å². The van der Waals surface area contributed by atoms with Gasteiger partial charge in [0.1, 0.15) is 0 Å². The van der Waals surface area contributed by atoms with Crippen LogP contribution in [0.15, 0.2) is 18.2 Å². The summed E-state index contributed by atoms with van der Waals surface area (Å²) in [5.41, 5.74) is 3.61. The first-order valence-corrected chi connectivity index (χ1v) is 11.9. The summed E-state index contributed by atoms with van der Waals surface area (Å²) >= 11 is 0. The van der Waals surface area contributed by atoms with Crippen LogP contribution in [0.2, 0.25) is 0 Å². The molecule has 2 fully saturated rings. The molecule has 0 aromatic heterocycles. The Balaban J connectivity index is 0.00000289. The summed E-state index contributed by atoms with van der Waals surface area (Å²) in [6, 6.07) is 6.98. The second-order valence-electron chi connectivity index (χ2n) is 10.4. The van der Waals surface area contributed by atoms with Crippen LogP contribution < -0.4 is 4.90 Å². The summed E-state index contributed by atoms with van der Waals surface area (Å²) in [4.78, 5) is 30.9. The van der Waals surface area contributed by atoms with Crippen molar-refractivity contribution >= 4 is 30.1 Å². The van der Waals surface area contributed by atoms with E-state index in [-0.39, 0.29) is 36.4 Å². The van der Waals surface area contributed by atoms with E-state index in [0.29, 0.717) is 12.5 Å². The monoisotopic (exact) mass is 463 g/mol. The first-order valence-electron chi connectivity index (χ1n) is 11.9. The molecular weight excluding hydrogens is 426 g/mol. The molecule has 0 atom stereocenters. The molecule has 2 amide bonds. The number of hydrogen-bond acceptors (Lipinski definition) is 3. The Morgan fingerprint density at radius 2 is 1.75 bits per heavy atom. The molecule has 1 aliphatic carbocycles. The van der Waals surface area contributed by atoms with E-state index in [1.807, 2.05) is 4.90 Å². The molecule has 0 radical (unpaired) electrons. The van der Waals surface area contributed by atoms with Gasteiger partial charge in [0, 0.05) is 31.2 Å². The maximum absolute atomic E-state index is 13.6. The first kappa shape index (κ1) is 24.8. The van der Waals surface area contributed by atoms with Gasteiger partial charge in [-0.15, -0.1) is 12.4 Å². The van der Waals surface area contributed by atoms with Crippen molar-refractivity contribution in [3.8, 4) is 0 Å². The third-order valence-electron chi connectivity index (χ3n) is 7.61. The fourth-order valence-corrected chi connectivity index (χ4v) is 5.78. The zero-order valence-electron chi connectivity index (χ0n) is 19.7. The minimum absolute atomic E-state index is 0. The molecule has 0 bridgehead atoms. The summed E-state index contributed by atoms with van der Waals surface area (Å²) in [5, 5.41) is 8.95. The normalized spacial score (nSPS) is 25.8. The van der Waals surface area contributed by atoms with Crippen LogP contribution in [0.3, 0.4) is 0 Å². The lowest BCUT2D eigenvalue weighted by molar-refractivity contribution is -0.137. The highest BCUT2D eigenvalue weighted by Crippen LogP contribution is 2.39. The van der Waals surface area contributed by atoms with Crippen LogP contribution in [0.5, 0.6) is 0 Å². The maximum atomic E-state index is 13.6. The number of fused-ring (bicyclic) bond motifs is 1. The molecule has 2 aliphatic heterocycles. The van der Waals surface area contributed by atoms with Gasteiger partial charge in [0.25, 0.3) is 0 Å². The molecule has 178 valence electrons. The predicted octanol–water partition coefficient (Wildman–Crippen LogP) is 4.58. The van der Waals surface area contributed by atoms with Gasteiger partial charge in [0.05, 0.1) is 12.1 Å². The molecule has 1 N–H and O–H groups in total. The molecule has 2 heterocycles. The average molecular weight is 464 g/mol. The van der Waals surface area contributed by atoms with Crippen molar-refractivity contribution in [3.63, 3.8) is 0 Å². The summed E-state index contributed by atoms with van der Waals surface area (Å²) in [6.45, 7) is 7.22. The van der Waals surface area contributed by atoms with Crippen molar-refractivity contribution in [2.24, 2.45) is 5.92 Å². The van der Waals surface area contributed by atoms with Crippen molar-refractivity contribution in [2.45, 2.75) is 76.8 Å². The van der Waals surface area contributed by atoms with E-state index in [1.165, 1.54) is 11.1 Å². The van der Waals surface area contributed by atoms with Gasteiger partial charge in [-0.25, -0.2) is 4.79 Å². The molecule has 1 aromatic rings. The number of nitrogens with zero attached hydrogens (tertiary/aromatic N) is 3. The van der Waals surface area contributed by atoms with Crippen LogP contribution >= 0.6 is 12.4 Å². The number of carboxylic acid groups (broad SMARTS) is 1. The molecule has 1 saturated carbocycles. The van der Waals surface area contributed by atoms with Crippen molar-refractivity contribution in [1.29, 1.82) is 0 Å². The Morgan fingerprint density at radius 1 is 1.09 bits per heavy atom. The highest BCUT2D eigenvalue weighted by atomic mass is 35.5. The fourth-order valence-electron chi connectivity index (χ4n) is 5.78. The number of urea groups is 1. The number of rotatable bonds is 5. The summed E-state index contributed by atoms with van der Waals surface area (Å²) in [5.74, 6) is -0.229. The number of amides is 2. The molecule has 3 aliphatic rings. The Hall–Kier alpha value is -1.79. The van der Waals surface area contributed by atoms with E-state index in [1.54, 1.807) is 0 Å². The molecule has 7 heteroatoms. The third kappa shape index (κ3) is 5.23. The van der Waals surface area contributed by atoms with Crippen LogP contribution in [0.1, 0.15) is 63.5 Å². The van der Waals surface area contributed by atoms with E-state index >= 15 is 0 Å². The van der Waals surface area contributed by atoms with Crippen LogP contribution in [0.4, 0.5) is 10.5 Å². The van der Waals surface area contributed by atoms with Crippen LogP contribution in [0.25, 0.3) is 0 Å². The SMILES string of the molecule is CN1CCc2ccc(N3CC(C)(C)N([C@H]4CC[C@H](CCC(=O)O)CC4)C3=O)cc2CC1.Cl. The van der Waals surface area contributed by atoms with Crippen molar-refractivity contribution in [2.75, 3.05) is 31.6 Å². The fraction of sp³-hybridized carbons (Fsp3) is 0.680. The number of aliphatic carboxylic acids is 1. The summed E-state index contributed by atoms with van der Waals surface area (Å²) in [7, 11) is 2.17. The van der Waals surface area contributed by atoms with Gasteiger partial charge in [0.2, 0.25) is 0 Å². The van der Waals surface area contributed by atoms with Gasteiger partial charge in [-0.2, -0.15) is 0 Å². The molecule has 0 unspecified atom stereocenters. The van der Waals surface area contributed by atoms with Crippen LogP contribution in [0, 0.1) is 5.92 Å². The van der Waals surface area contributed by atoms with Crippen molar-refractivity contribution in [1.82, 2.24) is 9.80 Å². The highest BCUT2D eigenvalue weighted by molar-refractivity contribution is 5.95. The Labute approximate surface area is 198 Å². The number of likely N-dealkylation sites (N-methyl/N-ethyl adjacent to an activating group) is 1. The second kappa shape index (κ2) is 10.0. The Bertz CT molecular complexity index is 836. The standard InChI is InChI=1S/C25H37N3O3.ClH/c1-25(2)17-27(22-10-7-19-12-14-26(3)15-13-20(19)16-22)24(31)28(25)21-8-4-18(5-9-21)6-11-23(29)30;/h7,10,16,18,21H,4-6,8-9,11-15,17H2,1-3H3,(H,29,30);1H/t18-,21-;. The van der Waals surface area contributed by atoms with Gasteiger partial charge < -0.3 is 14.9 Å². The lowest BCUT2D eigenvalue weighted by Crippen LogP contribution is -2.50. The molecule has 1 aromatic carbocycles. The Morgan fingerprint density at radius 3 is 2.41 bits per heavy atom. The first-order chi connectivity index (χ1) is 14.7. The molecule has 32 heavy (non-hydrogen) atoms. The number of anilines is 1. The number of halogens is 1. The zero-order valence-corrected chi connectivity index (χ0v) is 20.5. The molecule has 6 nitrogen and oxygen atoms in total. The minimum atomic E-state index is -0.707. The molecule has 0 spiro atoms. The van der Waals surface area contributed by atoms with Gasteiger partial charge in [-0.3, -0.25) is 9.69 Å². The quantitative estimate of drug-likeness (QED) is 0.694. The number of benzene rings is 1. The average Bonchev–Trinajstić information content (AvgIpc) is 2.86. The lowest BCUT2D eigenvalue weighted by Gasteiger charge is -2.40. The molecule has 1 saturated heterocycles. The lowest BCUT2D eigenvalue weighted by atomic mass is 9.82. The van der Waals surface area contributed by atoms with Gasteiger partial charge in [-0.05, 0) is 95.0 Å². The Kier molecular flexibility index (Phi) is 7.77. The van der Waals surface area contributed by atoms with E-state index in [2.05, 4.69) is 48.9 Å². The van der Waals surface area contributed by atoms with E-state index < -0.39 is 5.97 Å². The maximum Gasteiger partial charge on any atom is 0.325 e. The number of carbonyl (C=O) groups is 2. The molecule has 4 rings (SSSR count). The number of carboxylic acids is 1. The minimum Gasteiger partial charge on any atom is -0.481 e. The largest absolute Gasteiger partial charge is 0.481 e. The summed E-state index contributed by atoms with van der Waals surface area (Å²) < 4.78 is 0. The van der Waals surface area contributed by atoms with Gasteiger partial charge in [-0.1, -0.05) is 6.07 Å². The third-order valence-corrected chi connectivity index (χ3v) is 7.61. The van der Waals surface area contributed by atoms with Crippen LogP contribution in [-0.2, 0) is 17.6 Å². The number of hydrogen-bond donors (Lipinski definition) is 1. The van der Waals surface area contributed by atoms with E-state index in [4.69, 9.17) is 5.11 Å². The zero-order chi connectivity index (χ0) is 22.2. The topological polar surface area (TPSA) is 64.1 Å². The molecular formula is C25H38ClN3O3. The summed E-state index contributed by atoms with van der Waals surface area (Å²) in [6.07, 6.45) is 7.11. The van der Waals surface area contributed by atoms with E-state index in [0.717, 1.165) is 63.7 Å². The van der Waals surface area contributed by atoms with Crippen molar-refractivity contribution < 1.29 is 14.7 Å².